The van der Waals surface area contributed by atoms with Crippen molar-refractivity contribution in [2.45, 2.75) is 32.9 Å². The van der Waals surface area contributed by atoms with Crippen LogP contribution in [0, 0.1) is 0 Å². The van der Waals surface area contributed by atoms with E-state index in [0.717, 1.165) is 12.0 Å². The van der Waals surface area contributed by atoms with Gasteiger partial charge in [0, 0.05) is 24.5 Å². The van der Waals surface area contributed by atoms with Crippen LogP contribution < -0.4 is 14.2 Å². The van der Waals surface area contributed by atoms with E-state index in [1.54, 1.807) is 60.9 Å². The number of rotatable bonds is 10. The Bertz CT molecular complexity index is 1300. The maximum Gasteiger partial charge on any atom is 0.295 e. The molecule has 0 saturated carbocycles. The van der Waals surface area contributed by atoms with Crippen LogP contribution in [0.3, 0.4) is 0 Å². The molecule has 0 aliphatic carbocycles. The maximum absolute atomic E-state index is 13.4. The zero-order valence-electron chi connectivity index (χ0n) is 21.1. The number of hydrogen-bond donors (Lipinski definition) is 1. The second-order valence-corrected chi connectivity index (χ2v) is 8.51. The number of aliphatic hydroxyl groups excluding tert-OH is 1. The van der Waals surface area contributed by atoms with Gasteiger partial charge in [-0.05, 0) is 54.8 Å². The lowest BCUT2D eigenvalue weighted by atomic mass is 9.94. The topological polar surface area (TPSA) is 98.2 Å². The minimum Gasteiger partial charge on any atom is -0.507 e. The number of hydrogen-bond acceptors (Lipinski definition) is 7. The molecule has 0 bridgehead atoms. The molecule has 0 spiro atoms. The van der Waals surface area contributed by atoms with Gasteiger partial charge in [0.2, 0.25) is 0 Å². The summed E-state index contributed by atoms with van der Waals surface area (Å²) in [6.07, 6.45) is 4.11. The average Bonchev–Trinajstić information content (AvgIpc) is 3.17. The first kappa shape index (κ1) is 25.8. The molecule has 8 nitrogen and oxygen atoms in total. The van der Waals surface area contributed by atoms with Gasteiger partial charge in [-0.25, -0.2) is 0 Å². The van der Waals surface area contributed by atoms with Crippen LogP contribution in [0.4, 0.5) is 0 Å². The van der Waals surface area contributed by atoms with Crippen LogP contribution in [-0.4, -0.2) is 47.0 Å². The number of carbonyl (C=O) groups excluding carboxylic acids is 2. The molecule has 1 unspecified atom stereocenters. The van der Waals surface area contributed by atoms with Crippen LogP contribution >= 0.6 is 0 Å². The highest BCUT2D eigenvalue weighted by atomic mass is 16.5. The zero-order chi connectivity index (χ0) is 26.4. The third-order valence-corrected chi connectivity index (χ3v) is 6.00. The fourth-order valence-corrected chi connectivity index (χ4v) is 4.32. The minimum atomic E-state index is -0.856. The molecule has 0 radical (unpaired) electrons. The molecule has 3 aromatic rings. The molecule has 1 aliphatic rings. The van der Waals surface area contributed by atoms with Gasteiger partial charge in [-0.2, -0.15) is 0 Å². The fourth-order valence-electron chi connectivity index (χ4n) is 4.32. The Balaban J connectivity index is 1.85. The van der Waals surface area contributed by atoms with Crippen LogP contribution in [0.2, 0.25) is 0 Å². The smallest absolute Gasteiger partial charge is 0.295 e. The SMILES string of the molecule is CCCOc1cccc(C(O)=C2C(=O)C(=O)N(Cc3cccnc3)C2c2ccc(OCC)c(OC)c2)c1. The molecule has 1 aromatic heterocycles. The summed E-state index contributed by atoms with van der Waals surface area (Å²) < 4.78 is 16.9. The summed E-state index contributed by atoms with van der Waals surface area (Å²) in [5, 5.41) is 11.4. The number of aliphatic hydroxyl groups is 1. The minimum absolute atomic E-state index is 0.00672. The van der Waals surface area contributed by atoms with E-state index in [4.69, 9.17) is 14.2 Å². The molecule has 1 saturated heterocycles. The van der Waals surface area contributed by atoms with Crippen molar-refractivity contribution >= 4 is 17.4 Å². The molecule has 1 fully saturated rings. The van der Waals surface area contributed by atoms with Crippen molar-refractivity contribution in [2.24, 2.45) is 0 Å². The maximum atomic E-state index is 13.4. The van der Waals surface area contributed by atoms with Crippen LogP contribution in [0.5, 0.6) is 17.2 Å². The van der Waals surface area contributed by atoms with E-state index >= 15 is 0 Å². The van der Waals surface area contributed by atoms with Crippen LogP contribution in [0.1, 0.15) is 43.0 Å². The number of benzene rings is 2. The summed E-state index contributed by atoms with van der Waals surface area (Å²) in [4.78, 5) is 32.2. The molecule has 2 aromatic carbocycles. The lowest BCUT2D eigenvalue weighted by molar-refractivity contribution is -0.140. The molecule has 192 valence electrons. The average molecular weight is 503 g/mol. The monoisotopic (exact) mass is 502 g/mol. The van der Waals surface area contributed by atoms with Crippen molar-refractivity contribution in [3.05, 3.63) is 89.3 Å². The molecule has 2 heterocycles. The van der Waals surface area contributed by atoms with Gasteiger partial charge in [-0.1, -0.05) is 31.2 Å². The van der Waals surface area contributed by atoms with Gasteiger partial charge in [-0.15, -0.1) is 0 Å². The first-order chi connectivity index (χ1) is 18.0. The number of methoxy groups -OCH3 is 1. The summed E-state index contributed by atoms with van der Waals surface area (Å²) in [6.45, 7) is 4.97. The molecule has 4 rings (SSSR count). The standard InChI is InChI=1S/C29H30N2O6/c1-4-14-37-22-10-6-9-21(15-22)27(32)25-26(20-11-12-23(36-5-2)24(16-20)35-3)31(29(34)28(25)33)18-19-8-7-13-30-17-19/h6-13,15-17,26,32H,4-5,14,18H2,1-3H3. The number of likely N-dealkylation sites (tertiary alicyclic amines) is 1. The molecular weight excluding hydrogens is 472 g/mol. The van der Waals surface area contributed by atoms with Gasteiger partial charge < -0.3 is 24.2 Å². The number of ketones is 1. The first-order valence-corrected chi connectivity index (χ1v) is 12.2. The van der Waals surface area contributed by atoms with Crippen LogP contribution in [0.25, 0.3) is 5.76 Å². The first-order valence-electron chi connectivity index (χ1n) is 12.2. The van der Waals surface area contributed by atoms with E-state index in [2.05, 4.69) is 4.98 Å². The highest BCUT2D eigenvalue weighted by Crippen LogP contribution is 2.43. The molecule has 37 heavy (non-hydrogen) atoms. The Labute approximate surface area is 216 Å². The normalized spacial score (nSPS) is 16.6. The summed E-state index contributed by atoms with van der Waals surface area (Å²) in [5.74, 6) is -0.178. The van der Waals surface area contributed by atoms with E-state index in [-0.39, 0.29) is 17.9 Å². The molecule has 1 amide bonds. The summed E-state index contributed by atoms with van der Waals surface area (Å²) in [6, 6.07) is 14.8. The Morgan fingerprint density at radius 2 is 1.86 bits per heavy atom. The van der Waals surface area contributed by atoms with Gasteiger partial charge in [0.15, 0.2) is 11.5 Å². The number of amides is 1. The molecule has 1 atom stereocenters. The molecule has 1 N–H and O–H groups in total. The van der Waals surface area contributed by atoms with Crippen LogP contribution in [-0.2, 0) is 16.1 Å². The second kappa shape index (κ2) is 11.6. The van der Waals surface area contributed by atoms with Crippen molar-refractivity contribution in [2.75, 3.05) is 20.3 Å². The summed E-state index contributed by atoms with van der Waals surface area (Å²) in [5.41, 5.74) is 1.73. The van der Waals surface area contributed by atoms with Gasteiger partial charge in [-0.3, -0.25) is 14.6 Å². The van der Waals surface area contributed by atoms with Gasteiger partial charge >= 0.3 is 0 Å². The quantitative estimate of drug-likeness (QED) is 0.239. The van der Waals surface area contributed by atoms with E-state index in [1.807, 2.05) is 19.9 Å². The van der Waals surface area contributed by atoms with E-state index in [1.165, 1.54) is 12.0 Å². The van der Waals surface area contributed by atoms with E-state index < -0.39 is 17.7 Å². The molecule has 1 aliphatic heterocycles. The number of ether oxygens (including phenoxy) is 3. The van der Waals surface area contributed by atoms with Crippen LogP contribution in [0.15, 0.2) is 72.6 Å². The zero-order valence-corrected chi connectivity index (χ0v) is 21.1. The summed E-state index contributed by atoms with van der Waals surface area (Å²) in [7, 11) is 1.52. The number of pyridine rings is 1. The molecule has 8 heteroatoms. The second-order valence-electron chi connectivity index (χ2n) is 8.51. The largest absolute Gasteiger partial charge is 0.507 e. The summed E-state index contributed by atoms with van der Waals surface area (Å²) >= 11 is 0. The van der Waals surface area contributed by atoms with E-state index in [9.17, 15) is 14.7 Å². The highest BCUT2D eigenvalue weighted by Gasteiger charge is 2.46. The third-order valence-electron chi connectivity index (χ3n) is 6.00. The lowest BCUT2D eigenvalue weighted by Crippen LogP contribution is -2.29. The molecular formula is C29H30N2O6. The Kier molecular flexibility index (Phi) is 8.08. The van der Waals surface area contributed by atoms with Crippen molar-refractivity contribution < 1.29 is 28.9 Å². The van der Waals surface area contributed by atoms with Gasteiger partial charge in [0.05, 0.1) is 31.9 Å². The Morgan fingerprint density at radius 1 is 1.03 bits per heavy atom. The number of carbonyl (C=O) groups is 2. The van der Waals surface area contributed by atoms with E-state index in [0.29, 0.717) is 41.6 Å². The Morgan fingerprint density at radius 3 is 2.57 bits per heavy atom. The highest BCUT2D eigenvalue weighted by molar-refractivity contribution is 6.46. The third kappa shape index (κ3) is 5.43. The predicted molar refractivity (Wildman–Crippen MR) is 138 cm³/mol. The van der Waals surface area contributed by atoms with Gasteiger partial charge in [0.25, 0.3) is 11.7 Å². The lowest BCUT2D eigenvalue weighted by Gasteiger charge is -2.26. The van der Waals surface area contributed by atoms with Crippen molar-refractivity contribution in [1.82, 2.24) is 9.88 Å². The number of Topliss-reactive ketones (excluding diaryl/α,β-unsaturated/α-hetero) is 1. The Hall–Kier alpha value is -4.33. The van der Waals surface area contributed by atoms with Crippen molar-refractivity contribution in [1.29, 1.82) is 0 Å². The predicted octanol–water partition coefficient (Wildman–Crippen LogP) is 4.90. The van der Waals surface area contributed by atoms with Crippen molar-refractivity contribution in [3.63, 3.8) is 0 Å². The number of aromatic nitrogens is 1. The number of nitrogens with zero attached hydrogens (tertiary/aromatic N) is 2. The van der Waals surface area contributed by atoms with Gasteiger partial charge in [0.1, 0.15) is 11.5 Å². The van der Waals surface area contributed by atoms with Crippen molar-refractivity contribution in [3.8, 4) is 17.2 Å². The fraction of sp³-hybridized carbons (Fsp3) is 0.276.